The molecule has 0 unspecified atom stereocenters. The molecule has 0 saturated carbocycles. The lowest BCUT2D eigenvalue weighted by Gasteiger charge is -2.06. The van der Waals surface area contributed by atoms with Crippen LogP contribution in [0.2, 0.25) is 0 Å². The first-order valence-corrected chi connectivity index (χ1v) is 7.22. The Kier molecular flexibility index (Phi) is 3.97. The maximum atomic E-state index is 12.3. The van der Waals surface area contributed by atoms with Crippen LogP contribution in [-0.2, 0) is 7.05 Å². The Bertz CT molecular complexity index is 818. The number of carbonyl (C=O) groups excluding carboxylic acids is 1. The van der Waals surface area contributed by atoms with Crippen LogP contribution in [0.1, 0.15) is 21.7 Å². The van der Waals surface area contributed by atoms with Gasteiger partial charge in [-0.2, -0.15) is 0 Å². The summed E-state index contributed by atoms with van der Waals surface area (Å²) in [6.45, 7) is 3.91. The maximum absolute atomic E-state index is 12.3. The first-order chi connectivity index (χ1) is 11.1. The van der Waals surface area contributed by atoms with Crippen LogP contribution in [0.3, 0.4) is 0 Å². The molecule has 0 saturated heterocycles. The molecule has 1 aromatic carbocycles. The van der Waals surface area contributed by atoms with E-state index in [1.807, 2.05) is 43.7 Å². The Labute approximate surface area is 133 Å². The van der Waals surface area contributed by atoms with E-state index >= 15 is 0 Å². The van der Waals surface area contributed by atoms with Gasteiger partial charge in [0.05, 0.1) is 0 Å². The highest BCUT2D eigenvalue weighted by molar-refractivity contribution is 5.98. The molecule has 2 aromatic heterocycles. The van der Waals surface area contributed by atoms with Crippen LogP contribution in [0.25, 0.3) is 11.5 Å². The number of ketones is 1. The van der Waals surface area contributed by atoms with Crippen molar-refractivity contribution in [2.24, 2.45) is 7.05 Å². The van der Waals surface area contributed by atoms with E-state index in [0.717, 1.165) is 17.0 Å². The second kappa shape index (κ2) is 6.08. The summed E-state index contributed by atoms with van der Waals surface area (Å²) in [5.74, 6) is 1.03. The van der Waals surface area contributed by atoms with Gasteiger partial charge in [-0.3, -0.25) is 4.79 Å². The number of aryl methyl sites for hydroxylation is 1. The van der Waals surface area contributed by atoms with Crippen molar-refractivity contribution in [2.45, 2.75) is 13.8 Å². The van der Waals surface area contributed by atoms with Crippen molar-refractivity contribution < 1.29 is 13.9 Å². The minimum atomic E-state index is -0.0350. The maximum Gasteiger partial charge on any atom is 0.247 e. The van der Waals surface area contributed by atoms with E-state index in [4.69, 9.17) is 9.15 Å². The van der Waals surface area contributed by atoms with Gasteiger partial charge in [0.15, 0.2) is 6.61 Å². The van der Waals surface area contributed by atoms with Crippen molar-refractivity contribution in [1.29, 1.82) is 0 Å². The first kappa shape index (κ1) is 15.0. The Morgan fingerprint density at radius 2 is 2.00 bits per heavy atom. The number of hydrogen-bond acceptors (Lipinski definition) is 5. The van der Waals surface area contributed by atoms with E-state index in [9.17, 15) is 4.79 Å². The zero-order valence-corrected chi connectivity index (χ0v) is 13.2. The van der Waals surface area contributed by atoms with E-state index in [1.165, 1.54) is 6.39 Å². The average molecular weight is 311 g/mol. The number of Topliss-reactive ketones (excluding diaryl/α,β-unsaturated/α-hetero) is 1. The minimum Gasteiger partial charge on any atom is -0.485 e. The van der Waals surface area contributed by atoms with E-state index in [2.05, 4.69) is 10.2 Å². The van der Waals surface area contributed by atoms with Gasteiger partial charge in [-0.15, -0.1) is 10.2 Å². The molecule has 6 heteroatoms. The number of ether oxygens (including phenoxy) is 1. The molecule has 3 aromatic rings. The predicted octanol–water partition coefficient (Wildman–Crippen LogP) is 2.95. The van der Waals surface area contributed by atoms with Gasteiger partial charge in [0.1, 0.15) is 5.75 Å². The highest BCUT2D eigenvalue weighted by Gasteiger charge is 2.14. The van der Waals surface area contributed by atoms with Gasteiger partial charge in [0, 0.05) is 29.6 Å². The lowest BCUT2D eigenvalue weighted by molar-refractivity contribution is 0.0921. The molecule has 2 heterocycles. The quantitative estimate of drug-likeness (QED) is 0.678. The van der Waals surface area contributed by atoms with E-state index in [1.54, 1.807) is 12.1 Å². The molecule has 0 atom stereocenters. The standard InChI is InChI=1S/C17H17N3O3/c1-11-8-15(12(2)20(11)3)16(21)9-22-14-6-4-13(5-7-14)17-19-18-10-23-17/h4-8,10H,9H2,1-3H3. The monoisotopic (exact) mass is 311 g/mol. The van der Waals surface area contributed by atoms with Gasteiger partial charge in [-0.25, -0.2) is 0 Å². The largest absolute Gasteiger partial charge is 0.485 e. The van der Waals surface area contributed by atoms with E-state index in [-0.39, 0.29) is 12.4 Å². The van der Waals surface area contributed by atoms with Gasteiger partial charge >= 0.3 is 0 Å². The van der Waals surface area contributed by atoms with E-state index in [0.29, 0.717) is 17.2 Å². The molecule has 0 bridgehead atoms. The lowest BCUT2D eigenvalue weighted by atomic mass is 10.1. The van der Waals surface area contributed by atoms with Gasteiger partial charge in [-0.1, -0.05) is 0 Å². The Morgan fingerprint density at radius 3 is 2.57 bits per heavy atom. The number of carbonyl (C=O) groups is 1. The van der Waals surface area contributed by atoms with E-state index < -0.39 is 0 Å². The van der Waals surface area contributed by atoms with Crippen molar-refractivity contribution in [3.05, 3.63) is 53.7 Å². The summed E-state index contributed by atoms with van der Waals surface area (Å²) in [6, 6.07) is 9.06. The zero-order chi connectivity index (χ0) is 16.4. The summed E-state index contributed by atoms with van der Waals surface area (Å²) in [4.78, 5) is 12.3. The molecule has 0 aliphatic rings. The molecule has 0 fully saturated rings. The third-order valence-electron chi connectivity index (χ3n) is 3.91. The molecule has 118 valence electrons. The summed E-state index contributed by atoms with van der Waals surface area (Å²) in [5, 5.41) is 7.47. The average Bonchev–Trinajstić information content (AvgIpc) is 3.18. The summed E-state index contributed by atoms with van der Waals surface area (Å²) < 4.78 is 12.7. The predicted molar refractivity (Wildman–Crippen MR) is 84.4 cm³/mol. The van der Waals surface area contributed by atoms with Crippen molar-refractivity contribution in [3.8, 4) is 17.2 Å². The van der Waals surface area contributed by atoms with Crippen LogP contribution in [0.4, 0.5) is 0 Å². The minimum absolute atomic E-state index is 0.00416. The van der Waals surface area contributed by atoms with Gasteiger partial charge in [-0.05, 0) is 44.2 Å². The molecular formula is C17H17N3O3. The van der Waals surface area contributed by atoms with Crippen molar-refractivity contribution in [3.63, 3.8) is 0 Å². The number of benzene rings is 1. The number of aromatic nitrogens is 3. The fourth-order valence-electron chi connectivity index (χ4n) is 2.36. The van der Waals surface area contributed by atoms with Gasteiger partial charge in [0.25, 0.3) is 0 Å². The summed E-state index contributed by atoms with van der Waals surface area (Å²) in [5.41, 5.74) is 3.50. The topological polar surface area (TPSA) is 70.2 Å². The normalized spacial score (nSPS) is 10.7. The lowest BCUT2D eigenvalue weighted by Crippen LogP contribution is -2.12. The third-order valence-corrected chi connectivity index (χ3v) is 3.91. The molecule has 0 amide bonds. The molecule has 6 nitrogen and oxygen atoms in total. The number of nitrogens with zero attached hydrogens (tertiary/aromatic N) is 3. The molecule has 0 N–H and O–H groups in total. The second-order valence-corrected chi connectivity index (χ2v) is 5.32. The highest BCUT2D eigenvalue weighted by atomic mass is 16.5. The van der Waals surface area contributed by atoms with Crippen LogP contribution >= 0.6 is 0 Å². The van der Waals surface area contributed by atoms with Crippen LogP contribution < -0.4 is 4.74 Å². The molecule has 0 spiro atoms. The Hall–Kier alpha value is -2.89. The second-order valence-electron chi connectivity index (χ2n) is 5.32. The van der Waals surface area contributed by atoms with Crippen molar-refractivity contribution in [2.75, 3.05) is 6.61 Å². The molecule has 0 aliphatic heterocycles. The Balaban J connectivity index is 1.66. The van der Waals surface area contributed by atoms with Crippen molar-refractivity contribution >= 4 is 5.78 Å². The third kappa shape index (κ3) is 3.01. The Morgan fingerprint density at radius 1 is 1.26 bits per heavy atom. The molecule has 23 heavy (non-hydrogen) atoms. The van der Waals surface area contributed by atoms with Crippen LogP contribution in [0.15, 0.2) is 41.1 Å². The molecule has 0 radical (unpaired) electrons. The van der Waals surface area contributed by atoms with Gasteiger partial charge in [0.2, 0.25) is 18.1 Å². The first-order valence-electron chi connectivity index (χ1n) is 7.22. The number of hydrogen-bond donors (Lipinski definition) is 0. The molecular weight excluding hydrogens is 294 g/mol. The smallest absolute Gasteiger partial charge is 0.247 e. The van der Waals surface area contributed by atoms with Gasteiger partial charge < -0.3 is 13.7 Å². The fourth-order valence-corrected chi connectivity index (χ4v) is 2.36. The summed E-state index contributed by atoms with van der Waals surface area (Å²) in [7, 11) is 1.94. The van der Waals surface area contributed by atoms with Crippen LogP contribution in [0, 0.1) is 13.8 Å². The molecule has 0 aliphatic carbocycles. The SMILES string of the molecule is Cc1cc(C(=O)COc2ccc(-c3nnco3)cc2)c(C)n1C. The van der Waals surface area contributed by atoms with Crippen molar-refractivity contribution in [1.82, 2.24) is 14.8 Å². The van der Waals surface area contributed by atoms with Crippen LogP contribution in [0.5, 0.6) is 5.75 Å². The molecule has 3 rings (SSSR count). The van der Waals surface area contributed by atoms with Crippen LogP contribution in [-0.4, -0.2) is 27.2 Å². The summed E-state index contributed by atoms with van der Waals surface area (Å²) in [6.07, 6.45) is 1.28. The highest BCUT2D eigenvalue weighted by Crippen LogP contribution is 2.21. The number of rotatable bonds is 5. The summed E-state index contributed by atoms with van der Waals surface area (Å²) >= 11 is 0. The zero-order valence-electron chi connectivity index (χ0n) is 13.2. The fraction of sp³-hybridized carbons (Fsp3) is 0.235.